The van der Waals surface area contributed by atoms with Gasteiger partial charge in [-0.1, -0.05) is 6.07 Å². The highest BCUT2D eigenvalue weighted by molar-refractivity contribution is 6.01. The summed E-state index contributed by atoms with van der Waals surface area (Å²) in [7, 11) is 0. The third kappa shape index (κ3) is 3.65. The zero-order valence-corrected chi connectivity index (χ0v) is 17.2. The molecular formula is C25H20FN3O3. The number of piperidine rings is 1. The minimum Gasteiger partial charge on any atom is -0.457 e. The van der Waals surface area contributed by atoms with Gasteiger partial charge >= 0.3 is 0 Å². The number of carbonyl (C=O) groups is 1. The van der Waals surface area contributed by atoms with Gasteiger partial charge in [-0.05, 0) is 54.8 Å². The average molecular weight is 429 g/mol. The second-order valence-electron chi connectivity index (χ2n) is 8.29. The molecule has 2 aromatic heterocycles. The van der Waals surface area contributed by atoms with Crippen LogP contribution in [0, 0.1) is 23.1 Å². The van der Waals surface area contributed by atoms with Crippen LogP contribution in [-0.4, -0.2) is 28.5 Å². The lowest BCUT2D eigenvalue weighted by Crippen LogP contribution is -2.49. The van der Waals surface area contributed by atoms with Crippen molar-refractivity contribution < 1.29 is 13.6 Å². The highest BCUT2D eigenvalue weighted by Gasteiger charge is 2.37. The van der Waals surface area contributed by atoms with E-state index < -0.39 is 0 Å². The van der Waals surface area contributed by atoms with E-state index in [0.29, 0.717) is 36.7 Å². The Morgan fingerprint density at radius 1 is 1.09 bits per heavy atom. The number of likely N-dealkylation sites (tertiary alicyclic amines) is 1. The minimum absolute atomic E-state index is 0.00423. The van der Waals surface area contributed by atoms with Crippen LogP contribution in [0.5, 0.6) is 0 Å². The van der Waals surface area contributed by atoms with E-state index in [-0.39, 0.29) is 34.7 Å². The Bertz CT molecular complexity index is 1310. The van der Waals surface area contributed by atoms with E-state index in [9.17, 15) is 19.2 Å². The summed E-state index contributed by atoms with van der Waals surface area (Å²) < 4.78 is 20.7. The van der Waals surface area contributed by atoms with E-state index in [1.807, 2.05) is 16.7 Å². The Balaban J connectivity index is 1.37. The number of hydrogen-bond acceptors (Lipinski definition) is 4. The lowest BCUT2D eigenvalue weighted by atomic mass is 9.83. The van der Waals surface area contributed by atoms with Crippen LogP contribution in [-0.2, 0) is 11.3 Å². The van der Waals surface area contributed by atoms with Crippen molar-refractivity contribution in [1.29, 1.82) is 5.26 Å². The quantitative estimate of drug-likeness (QED) is 0.469. The molecule has 0 radical (unpaired) electrons. The number of fused-ring (bicyclic) bond motifs is 4. The van der Waals surface area contributed by atoms with Gasteiger partial charge in [0.2, 0.25) is 0 Å². The lowest BCUT2D eigenvalue weighted by Gasteiger charge is -2.42. The standard InChI is InChI=1S/C25H20FN3O3/c26-20-6-4-17(5-7-20)23-9-8-21(32-23)11-18(12-27)25(31)28-13-16-10-19(15-28)22-2-1-3-24(30)29(22)14-16/h1-9,11,16,19H,10,13-15H2/b18-11+/t16-,19-/m1/s1. The number of nitriles is 1. The number of halogens is 1. The Morgan fingerprint density at radius 2 is 1.91 bits per heavy atom. The van der Waals surface area contributed by atoms with Gasteiger partial charge in [0.15, 0.2) is 0 Å². The first-order valence-electron chi connectivity index (χ1n) is 10.5. The number of benzene rings is 1. The zero-order chi connectivity index (χ0) is 22.2. The summed E-state index contributed by atoms with van der Waals surface area (Å²) in [5.74, 6) is 0.483. The van der Waals surface area contributed by atoms with Crippen molar-refractivity contribution in [1.82, 2.24) is 9.47 Å². The first kappa shape index (κ1) is 20.0. The molecule has 0 unspecified atom stereocenters. The molecule has 0 N–H and O–H groups in total. The Morgan fingerprint density at radius 3 is 2.69 bits per heavy atom. The number of nitrogens with zero attached hydrogens (tertiary/aromatic N) is 3. The summed E-state index contributed by atoms with van der Waals surface area (Å²) in [5, 5.41) is 9.65. The SMILES string of the molecule is N#C/C(=C\c1ccc(-c2ccc(F)cc2)o1)C(=O)N1C[C@H]2C[C@H](C1)c1cccc(=O)n1C2. The Hall–Kier alpha value is -3.92. The topological polar surface area (TPSA) is 79.2 Å². The maximum Gasteiger partial charge on any atom is 0.264 e. The molecule has 32 heavy (non-hydrogen) atoms. The number of hydrogen-bond donors (Lipinski definition) is 0. The minimum atomic E-state index is -0.339. The number of amides is 1. The van der Waals surface area contributed by atoms with Crippen LogP contribution < -0.4 is 5.56 Å². The van der Waals surface area contributed by atoms with Gasteiger partial charge in [-0.2, -0.15) is 5.26 Å². The van der Waals surface area contributed by atoms with E-state index >= 15 is 0 Å². The predicted molar refractivity (Wildman–Crippen MR) is 116 cm³/mol. The molecule has 160 valence electrons. The number of pyridine rings is 1. The lowest BCUT2D eigenvalue weighted by molar-refractivity contribution is -0.129. The number of aromatic nitrogens is 1. The second-order valence-corrected chi connectivity index (χ2v) is 8.29. The molecule has 2 atom stereocenters. The third-order valence-corrected chi connectivity index (χ3v) is 6.16. The van der Waals surface area contributed by atoms with Crippen molar-refractivity contribution in [2.24, 2.45) is 5.92 Å². The number of carbonyl (C=O) groups excluding carboxylic acids is 1. The van der Waals surface area contributed by atoms with Crippen molar-refractivity contribution in [2.75, 3.05) is 13.1 Å². The fourth-order valence-corrected chi connectivity index (χ4v) is 4.72. The van der Waals surface area contributed by atoms with Gasteiger partial charge in [0, 0.05) is 49.0 Å². The molecule has 1 fully saturated rings. The molecular weight excluding hydrogens is 409 g/mol. The van der Waals surface area contributed by atoms with Crippen LogP contribution in [0.15, 0.2) is 69.4 Å². The molecule has 1 amide bonds. The van der Waals surface area contributed by atoms with Gasteiger partial charge < -0.3 is 13.9 Å². The molecule has 6 nitrogen and oxygen atoms in total. The molecule has 4 heterocycles. The molecule has 2 aliphatic heterocycles. The largest absolute Gasteiger partial charge is 0.457 e. The fraction of sp³-hybridized carbons (Fsp3) is 0.240. The third-order valence-electron chi connectivity index (χ3n) is 6.16. The molecule has 7 heteroatoms. The summed E-state index contributed by atoms with van der Waals surface area (Å²) in [5.41, 5.74) is 1.64. The van der Waals surface area contributed by atoms with Gasteiger partial charge in [-0.15, -0.1) is 0 Å². The molecule has 0 aliphatic carbocycles. The summed E-state index contributed by atoms with van der Waals surface area (Å²) in [6.07, 6.45) is 2.37. The van der Waals surface area contributed by atoms with Crippen LogP contribution in [0.25, 0.3) is 17.4 Å². The molecule has 3 aromatic rings. The first-order chi connectivity index (χ1) is 15.5. The maximum absolute atomic E-state index is 13.1. The van der Waals surface area contributed by atoms with Crippen molar-refractivity contribution in [3.05, 3.63) is 87.8 Å². The van der Waals surface area contributed by atoms with Gasteiger partial charge in [0.25, 0.3) is 11.5 Å². The van der Waals surface area contributed by atoms with Crippen molar-refractivity contribution in [2.45, 2.75) is 18.9 Å². The first-order valence-corrected chi connectivity index (χ1v) is 10.5. The van der Waals surface area contributed by atoms with Crippen LogP contribution in [0.4, 0.5) is 4.39 Å². The van der Waals surface area contributed by atoms with Gasteiger partial charge in [-0.25, -0.2) is 4.39 Å². The van der Waals surface area contributed by atoms with Gasteiger partial charge in [0.05, 0.1) is 0 Å². The van der Waals surface area contributed by atoms with E-state index in [0.717, 1.165) is 12.1 Å². The van der Waals surface area contributed by atoms with Gasteiger partial charge in [0.1, 0.15) is 29.0 Å². The molecule has 2 aliphatic rings. The molecule has 1 aromatic carbocycles. The van der Waals surface area contributed by atoms with Crippen LogP contribution in [0.3, 0.4) is 0 Å². The van der Waals surface area contributed by atoms with Crippen LogP contribution >= 0.6 is 0 Å². The monoisotopic (exact) mass is 429 g/mol. The predicted octanol–water partition coefficient (Wildman–Crippen LogP) is 3.80. The normalized spacial score (nSPS) is 19.9. The van der Waals surface area contributed by atoms with Crippen molar-refractivity contribution >= 4 is 12.0 Å². The van der Waals surface area contributed by atoms with Gasteiger partial charge in [-0.3, -0.25) is 9.59 Å². The molecule has 2 bridgehead atoms. The summed E-state index contributed by atoms with van der Waals surface area (Å²) in [4.78, 5) is 27.0. The van der Waals surface area contributed by atoms with E-state index in [4.69, 9.17) is 4.42 Å². The fourth-order valence-electron chi connectivity index (χ4n) is 4.72. The van der Waals surface area contributed by atoms with Crippen molar-refractivity contribution in [3.8, 4) is 17.4 Å². The maximum atomic E-state index is 13.1. The van der Waals surface area contributed by atoms with E-state index in [1.54, 1.807) is 41.3 Å². The smallest absolute Gasteiger partial charge is 0.264 e. The van der Waals surface area contributed by atoms with E-state index in [1.165, 1.54) is 18.2 Å². The average Bonchev–Trinajstić information content (AvgIpc) is 3.27. The molecule has 0 saturated carbocycles. The summed E-state index contributed by atoms with van der Waals surface area (Å²) >= 11 is 0. The zero-order valence-electron chi connectivity index (χ0n) is 17.2. The summed E-state index contributed by atoms with van der Waals surface area (Å²) in [6, 6.07) is 16.6. The molecule has 1 saturated heterocycles. The highest BCUT2D eigenvalue weighted by atomic mass is 19.1. The number of rotatable bonds is 3. The van der Waals surface area contributed by atoms with Crippen LogP contribution in [0.1, 0.15) is 23.8 Å². The summed E-state index contributed by atoms with van der Waals surface area (Å²) in [6.45, 7) is 1.56. The van der Waals surface area contributed by atoms with Crippen LogP contribution in [0.2, 0.25) is 0 Å². The number of furan rings is 1. The second kappa shape index (κ2) is 7.97. The van der Waals surface area contributed by atoms with E-state index in [2.05, 4.69) is 0 Å². The molecule has 0 spiro atoms. The molecule has 5 rings (SSSR count). The Kier molecular flexibility index (Phi) is 4.98. The van der Waals surface area contributed by atoms with Crippen molar-refractivity contribution in [3.63, 3.8) is 0 Å². The highest BCUT2D eigenvalue weighted by Crippen LogP contribution is 2.35. The Labute approximate surface area is 183 Å².